The van der Waals surface area contributed by atoms with Crippen LogP contribution in [0.25, 0.3) is 0 Å². The number of nitrogens with zero attached hydrogens (tertiary/aromatic N) is 2. The van der Waals surface area contributed by atoms with Crippen molar-refractivity contribution in [2.24, 2.45) is 0 Å². The van der Waals surface area contributed by atoms with Crippen LogP contribution in [-0.2, 0) is 6.42 Å². The Kier molecular flexibility index (Phi) is 4.78. The summed E-state index contributed by atoms with van der Waals surface area (Å²) in [6.45, 7) is 4.23. The molecule has 0 atom stereocenters. The fourth-order valence-corrected chi connectivity index (χ4v) is 3.10. The highest BCUT2D eigenvalue weighted by Gasteiger charge is 2.13. The molecule has 3 nitrogen and oxygen atoms in total. The van der Waals surface area contributed by atoms with Crippen molar-refractivity contribution in [1.82, 2.24) is 9.97 Å². The lowest BCUT2D eigenvalue weighted by Crippen LogP contribution is -2.09. The van der Waals surface area contributed by atoms with Crippen molar-refractivity contribution in [1.29, 1.82) is 0 Å². The number of hydrogen-bond acceptors (Lipinski definition) is 3. The lowest BCUT2D eigenvalue weighted by atomic mass is 10.1. The van der Waals surface area contributed by atoms with E-state index in [1.54, 1.807) is 0 Å². The van der Waals surface area contributed by atoms with Gasteiger partial charge in [0, 0.05) is 10.9 Å². The van der Waals surface area contributed by atoms with Crippen molar-refractivity contribution >= 4 is 44.3 Å². The number of anilines is 1. The Labute approximate surface area is 135 Å². The van der Waals surface area contributed by atoms with Gasteiger partial charge in [-0.15, -0.1) is 0 Å². The van der Waals surface area contributed by atoms with E-state index < -0.39 is 0 Å². The van der Waals surface area contributed by atoms with E-state index in [4.69, 9.17) is 5.73 Å². The van der Waals surface area contributed by atoms with Crippen LogP contribution in [0, 0.1) is 3.57 Å². The molecule has 1 aromatic carbocycles. The summed E-state index contributed by atoms with van der Waals surface area (Å²) in [5.74, 6) is 1.69. The normalized spacial score (nSPS) is 11.0. The molecular formula is C14H15BrIN3. The monoisotopic (exact) mass is 431 g/mol. The van der Waals surface area contributed by atoms with E-state index in [-0.39, 0.29) is 0 Å². The second-order valence-electron chi connectivity index (χ2n) is 4.65. The molecule has 0 saturated carbocycles. The van der Waals surface area contributed by atoms with Gasteiger partial charge in [0.2, 0.25) is 0 Å². The van der Waals surface area contributed by atoms with E-state index in [0.29, 0.717) is 18.2 Å². The second kappa shape index (κ2) is 6.17. The Bertz CT molecular complexity index is 599. The molecule has 0 aliphatic rings. The molecule has 0 aliphatic carbocycles. The first-order valence-electron chi connectivity index (χ1n) is 6.04. The van der Waals surface area contributed by atoms with Gasteiger partial charge in [0.05, 0.1) is 9.26 Å². The number of hydrogen-bond donors (Lipinski definition) is 1. The zero-order valence-corrected chi connectivity index (χ0v) is 14.6. The number of rotatable bonds is 3. The fourth-order valence-electron chi connectivity index (χ4n) is 1.81. The summed E-state index contributed by atoms with van der Waals surface area (Å²) >= 11 is 5.76. The van der Waals surface area contributed by atoms with Crippen molar-refractivity contribution in [3.8, 4) is 0 Å². The van der Waals surface area contributed by atoms with E-state index in [0.717, 1.165) is 25.1 Å². The minimum atomic E-state index is 0.343. The van der Waals surface area contributed by atoms with Crippen LogP contribution in [0.5, 0.6) is 0 Å². The lowest BCUT2D eigenvalue weighted by molar-refractivity contribution is 0.785. The van der Waals surface area contributed by atoms with Gasteiger partial charge >= 0.3 is 0 Å². The molecule has 0 amide bonds. The standard InChI is InChI=1S/C14H15BrIN3/c1-8(2)13-12(16)14(17)19-11(18-13)7-9-5-3-4-6-10(9)15/h3-6,8H,7H2,1-2H3,(H2,17,18,19). The lowest BCUT2D eigenvalue weighted by Gasteiger charge is -2.12. The number of halogens is 2. The van der Waals surface area contributed by atoms with Gasteiger partial charge in [-0.25, -0.2) is 9.97 Å². The largest absolute Gasteiger partial charge is 0.383 e. The van der Waals surface area contributed by atoms with Crippen LogP contribution in [0.15, 0.2) is 28.7 Å². The molecule has 0 fully saturated rings. The summed E-state index contributed by atoms with van der Waals surface area (Å²) in [5.41, 5.74) is 8.17. The molecule has 1 aromatic heterocycles. The van der Waals surface area contributed by atoms with Gasteiger partial charge in [-0.2, -0.15) is 0 Å². The summed E-state index contributed by atoms with van der Waals surface area (Å²) in [6, 6.07) is 8.10. The van der Waals surface area contributed by atoms with Crippen molar-refractivity contribution in [2.75, 3.05) is 5.73 Å². The molecule has 0 radical (unpaired) electrons. The molecule has 0 aliphatic heterocycles. The van der Waals surface area contributed by atoms with E-state index in [2.05, 4.69) is 68.4 Å². The second-order valence-corrected chi connectivity index (χ2v) is 6.58. The van der Waals surface area contributed by atoms with Crippen LogP contribution in [0.1, 0.15) is 36.8 Å². The summed E-state index contributed by atoms with van der Waals surface area (Å²) < 4.78 is 2.03. The van der Waals surface area contributed by atoms with Crippen LogP contribution in [0.4, 0.5) is 5.82 Å². The third-order valence-corrected chi connectivity index (χ3v) is 4.68. The minimum absolute atomic E-state index is 0.343. The fraction of sp³-hybridized carbons (Fsp3) is 0.286. The van der Waals surface area contributed by atoms with Gasteiger partial charge < -0.3 is 5.73 Å². The Morgan fingerprint density at radius 2 is 1.95 bits per heavy atom. The quantitative estimate of drug-likeness (QED) is 0.743. The predicted molar refractivity (Wildman–Crippen MR) is 90.2 cm³/mol. The Balaban J connectivity index is 2.39. The first-order chi connectivity index (χ1) is 8.99. The summed E-state index contributed by atoms with van der Waals surface area (Å²) in [5, 5.41) is 0. The molecule has 2 aromatic rings. The van der Waals surface area contributed by atoms with Crippen molar-refractivity contribution in [3.05, 3.63) is 49.4 Å². The molecule has 0 saturated heterocycles. The highest BCUT2D eigenvalue weighted by Crippen LogP contribution is 2.25. The molecule has 2 rings (SSSR count). The number of nitrogen functional groups attached to an aromatic ring is 1. The first-order valence-corrected chi connectivity index (χ1v) is 7.91. The van der Waals surface area contributed by atoms with E-state index >= 15 is 0 Å². The summed E-state index contributed by atoms with van der Waals surface area (Å²) in [7, 11) is 0. The maximum absolute atomic E-state index is 5.98. The van der Waals surface area contributed by atoms with Crippen LogP contribution >= 0.6 is 38.5 Å². The molecular weight excluding hydrogens is 417 g/mol. The Morgan fingerprint density at radius 1 is 1.26 bits per heavy atom. The Morgan fingerprint density at radius 3 is 2.58 bits per heavy atom. The number of benzene rings is 1. The van der Waals surface area contributed by atoms with Crippen LogP contribution < -0.4 is 5.73 Å². The highest BCUT2D eigenvalue weighted by atomic mass is 127. The van der Waals surface area contributed by atoms with Crippen LogP contribution in [0.2, 0.25) is 0 Å². The predicted octanol–water partition coefficient (Wildman–Crippen LogP) is 4.14. The third-order valence-electron chi connectivity index (χ3n) is 2.80. The Hall–Kier alpha value is -0.690. The number of aromatic nitrogens is 2. The van der Waals surface area contributed by atoms with E-state index in [9.17, 15) is 0 Å². The zero-order chi connectivity index (χ0) is 14.0. The first kappa shape index (κ1) is 14.7. The summed E-state index contributed by atoms with van der Waals surface area (Å²) in [4.78, 5) is 9.04. The number of nitrogens with two attached hydrogens (primary N) is 1. The molecule has 2 N–H and O–H groups in total. The average molecular weight is 432 g/mol. The maximum Gasteiger partial charge on any atom is 0.140 e. The van der Waals surface area contributed by atoms with E-state index in [1.807, 2.05) is 18.2 Å². The van der Waals surface area contributed by atoms with Crippen molar-refractivity contribution < 1.29 is 0 Å². The topological polar surface area (TPSA) is 51.8 Å². The average Bonchev–Trinajstić information content (AvgIpc) is 2.36. The molecule has 1 heterocycles. The van der Waals surface area contributed by atoms with E-state index in [1.165, 1.54) is 0 Å². The third kappa shape index (κ3) is 3.45. The SMILES string of the molecule is CC(C)c1nc(Cc2ccccc2Br)nc(N)c1I. The molecule has 0 unspecified atom stereocenters. The molecule has 0 spiro atoms. The molecule has 100 valence electrons. The van der Waals surface area contributed by atoms with Gasteiger partial charge in [0.15, 0.2) is 0 Å². The summed E-state index contributed by atoms with van der Waals surface area (Å²) in [6.07, 6.45) is 0.683. The molecule has 19 heavy (non-hydrogen) atoms. The van der Waals surface area contributed by atoms with Gasteiger partial charge in [0.25, 0.3) is 0 Å². The minimum Gasteiger partial charge on any atom is -0.383 e. The maximum atomic E-state index is 5.98. The van der Waals surface area contributed by atoms with Crippen LogP contribution in [-0.4, -0.2) is 9.97 Å². The smallest absolute Gasteiger partial charge is 0.140 e. The highest BCUT2D eigenvalue weighted by molar-refractivity contribution is 14.1. The van der Waals surface area contributed by atoms with Gasteiger partial charge in [-0.1, -0.05) is 48.0 Å². The zero-order valence-electron chi connectivity index (χ0n) is 10.8. The van der Waals surface area contributed by atoms with Crippen LogP contribution in [0.3, 0.4) is 0 Å². The van der Waals surface area contributed by atoms with Gasteiger partial charge in [0.1, 0.15) is 11.6 Å². The molecule has 0 bridgehead atoms. The van der Waals surface area contributed by atoms with Crippen molar-refractivity contribution in [2.45, 2.75) is 26.2 Å². The van der Waals surface area contributed by atoms with Gasteiger partial charge in [-0.3, -0.25) is 0 Å². The van der Waals surface area contributed by atoms with Crippen molar-refractivity contribution in [3.63, 3.8) is 0 Å². The molecule has 5 heteroatoms. The van der Waals surface area contributed by atoms with Gasteiger partial charge in [-0.05, 0) is 40.1 Å².